The zero-order valence-corrected chi connectivity index (χ0v) is 22.7. The number of hydrogen-bond acceptors (Lipinski definition) is 3. The van der Waals surface area contributed by atoms with Gasteiger partial charge in [0, 0.05) is 29.8 Å². The van der Waals surface area contributed by atoms with Crippen molar-refractivity contribution in [1.29, 1.82) is 0 Å². The molecule has 1 fully saturated rings. The average Bonchev–Trinajstić information content (AvgIpc) is 2.93. The van der Waals surface area contributed by atoms with Crippen LogP contribution in [0.1, 0.15) is 48.8 Å². The molecule has 0 heterocycles. The van der Waals surface area contributed by atoms with Gasteiger partial charge in [0.05, 0.1) is 5.75 Å². The normalized spacial score (nSPS) is 14.6. The minimum Gasteiger partial charge on any atom is -0.352 e. The summed E-state index contributed by atoms with van der Waals surface area (Å²) in [6.45, 7) is 0.391. The Morgan fingerprint density at radius 1 is 0.865 bits per heavy atom. The number of benzene rings is 3. The van der Waals surface area contributed by atoms with Crippen LogP contribution in [0.5, 0.6) is 0 Å². The molecule has 1 aliphatic rings. The number of nitrogens with zero attached hydrogens (tertiary/aromatic N) is 1. The minimum absolute atomic E-state index is 0.0411. The van der Waals surface area contributed by atoms with Gasteiger partial charge in [-0.15, -0.1) is 11.8 Å². The summed E-state index contributed by atoms with van der Waals surface area (Å²) >= 11 is 7.85. The number of halogens is 1. The molecule has 0 aromatic heterocycles. The highest BCUT2D eigenvalue weighted by atomic mass is 35.5. The summed E-state index contributed by atoms with van der Waals surface area (Å²) in [7, 11) is 0. The standard InChI is InChI=1S/C31H35ClN2O2S/c32-28-19-11-10-16-26(28)22-37-23-30(35)34(21-25-14-6-2-7-15-25)29(20-24-12-4-1-5-13-24)31(36)33-27-17-8-3-9-18-27/h1-2,4-7,10-16,19,27,29H,3,8-9,17-18,20-23H2,(H,33,36). The molecule has 1 N–H and O–H groups in total. The smallest absolute Gasteiger partial charge is 0.243 e. The van der Waals surface area contributed by atoms with Gasteiger partial charge >= 0.3 is 0 Å². The molecule has 2 amide bonds. The van der Waals surface area contributed by atoms with E-state index in [-0.39, 0.29) is 23.6 Å². The summed E-state index contributed by atoms with van der Waals surface area (Å²) in [5.41, 5.74) is 3.06. The number of thioether (sulfide) groups is 1. The second kappa shape index (κ2) is 14.3. The molecule has 37 heavy (non-hydrogen) atoms. The van der Waals surface area contributed by atoms with Crippen LogP contribution in [0.2, 0.25) is 5.02 Å². The number of amides is 2. The highest BCUT2D eigenvalue weighted by Gasteiger charge is 2.31. The molecule has 0 spiro atoms. The van der Waals surface area contributed by atoms with Gasteiger partial charge in [0.25, 0.3) is 0 Å². The Balaban J connectivity index is 1.55. The van der Waals surface area contributed by atoms with Crippen molar-refractivity contribution in [3.05, 3.63) is 107 Å². The highest BCUT2D eigenvalue weighted by molar-refractivity contribution is 7.99. The Bertz CT molecular complexity index is 1140. The van der Waals surface area contributed by atoms with E-state index in [4.69, 9.17) is 11.6 Å². The van der Waals surface area contributed by atoms with Gasteiger partial charge in [-0.25, -0.2) is 0 Å². The third kappa shape index (κ3) is 8.37. The van der Waals surface area contributed by atoms with Crippen LogP contribution in [0.4, 0.5) is 0 Å². The van der Waals surface area contributed by atoms with E-state index in [1.165, 1.54) is 18.2 Å². The van der Waals surface area contributed by atoms with E-state index in [1.807, 2.05) is 84.9 Å². The van der Waals surface area contributed by atoms with Gasteiger partial charge in [-0.2, -0.15) is 0 Å². The highest BCUT2D eigenvalue weighted by Crippen LogP contribution is 2.23. The number of hydrogen-bond donors (Lipinski definition) is 1. The molecule has 4 nitrogen and oxygen atoms in total. The quantitative estimate of drug-likeness (QED) is 0.299. The van der Waals surface area contributed by atoms with Crippen LogP contribution in [0.3, 0.4) is 0 Å². The van der Waals surface area contributed by atoms with Crippen LogP contribution in [0.15, 0.2) is 84.9 Å². The molecule has 1 saturated carbocycles. The van der Waals surface area contributed by atoms with E-state index in [0.717, 1.165) is 42.4 Å². The third-order valence-corrected chi connectivity index (χ3v) is 8.19. The fraction of sp³-hybridized carbons (Fsp3) is 0.355. The second-order valence-corrected chi connectivity index (χ2v) is 11.0. The van der Waals surface area contributed by atoms with Gasteiger partial charge in [0.1, 0.15) is 6.04 Å². The van der Waals surface area contributed by atoms with Gasteiger partial charge < -0.3 is 10.2 Å². The summed E-state index contributed by atoms with van der Waals surface area (Å²) < 4.78 is 0. The van der Waals surface area contributed by atoms with Crippen molar-refractivity contribution in [2.24, 2.45) is 0 Å². The lowest BCUT2D eigenvalue weighted by atomic mass is 9.94. The van der Waals surface area contributed by atoms with E-state index >= 15 is 0 Å². The molecule has 194 valence electrons. The molecule has 1 atom stereocenters. The van der Waals surface area contributed by atoms with E-state index in [0.29, 0.717) is 23.7 Å². The van der Waals surface area contributed by atoms with E-state index in [9.17, 15) is 9.59 Å². The molecule has 0 radical (unpaired) electrons. The maximum absolute atomic E-state index is 13.8. The predicted octanol–water partition coefficient (Wildman–Crippen LogP) is 6.66. The summed E-state index contributed by atoms with van der Waals surface area (Å²) in [5, 5.41) is 4.00. The Hall–Kier alpha value is -2.76. The minimum atomic E-state index is -0.585. The maximum Gasteiger partial charge on any atom is 0.243 e. The Kier molecular flexibility index (Phi) is 10.5. The molecule has 6 heteroatoms. The first-order valence-electron chi connectivity index (χ1n) is 13.1. The van der Waals surface area contributed by atoms with Gasteiger partial charge in [-0.1, -0.05) is 110 Å². The number of carbonyl (C=O) groups excluding carboxylic acids is 2. The van der Waals surface area contributed by atoms with Crippen LogP contribution in [0.25, 0.3) is 0 Å². The molecule has 0 bridgehead atoms. The third-order valence-electron chi connectivity index (χ3n) is 6.86. The lowest BCUT2D eigenvalue weighted by molar-refractivity contribution is -0.139. The lowest BCUT2D eigenvalue weighted by Gasteiger charge is -2.33. The van der Waals surface area contributed by atoms with Crippen LogP contribution >= 0.6 is 23.4 Å². The van der Waals surface area contributed by atoms with Crippen molar-refractivity contribution in [3.8, 4) is 0 Å². The fourth-order valence-electron chi connectivity index (χ4n) is 4.83. The van der Waals surface area contributed by atoms with Crippen molar-refractivity contribution < 1.29 is 9.59 Å². The number of carbonyl (C=O) groups is 2. The molecule has 1 unspecified atom stereocenters. The molecule has 3 aromatic rings. The Morgan fingerprint density at radius 3 is 2.16 bits per heavy atom. The zero-order chi connectivity index (χ0) is 25.9. The molecular weight excluding hydrogens is 500 g/mol. The largest absolute Gasteiger partial charge is 0.352 e. The molecule has 0 aliphatic heterocycles. The van der Waals surface area contributed by atoms with Gasteiger partial charge in [0.2, 0.25) is 11.8 Å². The Labute approximate surface area is 229 Å². The molecule has 0 saturated heterocycles. The summed E-state index contributed by atoms with van der Waals surface area (Å²) in [6.07, 6.45) is 5.99. The van der Waals surface area contributed by atoms with Crippen LogP contribution in [-0.4, -0.2) is 34.6 Å². The molecule has 4 rings (SSSR count). The van der Waals surface area contributed by atoms with Crippen LogP contribution in [-0.2, 0) is 28.3 Å². The maximum atomic E-state index is 13.8. The first kappa shape index (κ1) is 27.3. The summed E-state index contributed by atoms with van der Waals surface area (Å²) in [4.78, 5) is 29.3. The predicted molar refractivity (Wildman–Crippen MR) is 154 cm³/mol. The number of nitrogens with one attached hydrogen (secondary N) is 1. The van der Waals surface area contributed by atoms with E-state index in [2.05, 4.69) is 5.32 Å². The zero-order valence-electron chi connectivity index (χ0n) is 21.2. The van der Waals surface area contributed by atoms with Crippen molar-refractivity contribution in [2.45, 2.75) is 62.9 Å². The molecule has 3 aromatic carbocycles. The topological polar surface area (TPSA) is 49.4 Å². The monoisotopic (exact) mass is 534 g/mol. The summed E-state index contributed by atoms with van der Waals surface area (Å²) in [5.74, 6) is 0.819. The average molecular weight is 535 g/mol. The first-order chi connectivity index (χ1) is 18.1. The van der Waals surface area contributed by atoms with Gasteiger partial charge in [0.15, 0.2) is 0 Å². The molecular formula is C31H35ClN2O2S. The van der Waals surface area contributed by atoms with Gasteiger partial charge in [-0.3, -0.25) is 9.59 Å². The van der Waals surface area contributed by atoms with E-state index in [1.54, 1.807) is 4.90 Å². The summed E-state index contributed by atoms with van der Waals surface area (Å²) in [6, 6.07) is 27.2. The second-order valence-electron chi connectivity index (χ2n) is 9.64. The lowest BCUT2D eigenvalue weighted by Crippen LogP contribution is -2.53. The van der Waals surface area contributed by atoms with E-state index < -0.39 is 6.04 Å². The first-order valence-corrected chi connectivity index (χ1v) is 14.6. The fourth-order valence-corrected chi connectivity index (χ4v) is 6.02. The SMILES string of the molecule is O=C(NC1CCCCC1)C(Cc1ccccc1)N(Cc1ccccc1)C(=O)CSCc1ccccc1Cl. The van der Waals surface area contributed by atoms with Crippen LogP contribution in [0, 0.1) is 0 Å². The van der Waals surface area contributed by atoms with Crippen molar-refractivity contribution in [2.75, 3.05) is 5.75 Å². The molecule has 1 aliphatic carbocycles. The van der Waals surface area contributed by atoms with Crippen molar-refractivity contribution in [3.63, 3.8) is 0 Å². The van der Waals surface area contributed by atoms with Gasteiger partial charge in [-0.05, 0) is 35.6 Å². The van der Waals surface area contributed by atoms with Crippen molar-refractivity contribution >= 4 is 35.2 Å². The van der Waals surface area contributed by atoms with Crippen molar-refractivity contribution in [1.82, 2.24) is 10.2 Å². The number of rotatable bonds is 11. The Morgan fingerprint density at radius 2 is 1.49 bits per heavy atom. The van der Waals surface area contributed by atoms with Crippen LogP contribution < -0.4 is 5.32 Å².